The fraction of sp³-hybridized carbons (Fsp3) is 0.714. The van der Waals surface area contributed by atoms with Gasteiger partial charge in [-0.3, -0.25) is 0 Å². The Morgan fingerprint density at radius 1 is 1.62 bits per heavy atom. The Morgan fingerprint density at radius 3 is 2.85 bits per heavy atom. The lowest BCUT2D eigenvalue weighted by Crippen LogP contribution is -2.16. The Morgan fingerprint density at radius 2 is 2.31 bits per heavy atom. The van der Waals surface area contributed by atoms with Gasteiger partial charge in [-0.25, -0.2) is 4.68 Å². The summed E-state index contributed by atoms with van der Waals surface area (Å²) in [4.78, 5) is 1.48. The van der Waals surface area contributed by atoms with Crippen molar-refractivity contribution in [1.29, 1.82) is 5.26 Å². The molecule has 1 aromatic rings. The van der Waals surface area contributed by atoms with Gasteiger partial charge in [-0.1, -0.05) is 0 Å². The van der Waals surface area contributed by atoms with Crippen molar-refractivity contribution in [3.8, 4) is 6.19 Å². The Balaban J connectivity index is 2.78. The molecular formula is C7H12N6. The lowest BCUT2D eigenvalue weighted by molar-refractivity contribution is 0.412. The van der Waals surface area contributed by atoms with E-state index in [2.05, 4.69) is 15.5 Å². The fourth-order valence-electron chi connectivity index (χ4n) is 0.965. The SMILES string of the molecule is CC(C)n1nnnc1CN(C)C#N. The first-order valence-corrected chi connectivity index (χ1v) is 4.02. The van der Waals surface area contributed by atoms with Crippen LogP contribution in [0.3, 0.4) is 0 Å². The first kappa shape index (κ1) is 9.45. The standard InChI is InChI=1S/C7H12N6/c1-6(2)13-7(9-10-11-13)4-12(3)5-8/h6H,4H2,1-3H3. The molecule has 0 spiro atoms. The van der Waals surface area contributed by atoms with Crippen LogP contribution in [-0.4, -0.2) is 32.2 Å². The maximum absolute atomic E-state index is 8.56. The number of aromatic nitrogens is 4. The molecule has 0 aliphatic heterocycles. The van der Waals surface area contributed by atoms with Gasteiger partial charge in [-0.15, -0.1) is 5.10 Å². The molecule has 0 amide bonds. The van der Waals surface area contributed by atoms with Crippen LogP contribution in [0.1, 0.15) is 25.7 Å². The van der Waals surface area contributed by atoms with Gasteiger partial charge in [0, 0.05) is 7.05 Å². The summed E-state index contributed by atoms with van der Waals surface area (Å²) in [5.74, 6) is 0.707. The van der Waals surface area contributed by atoms with Crippen LogP contribution in [-0.2, 0) is 6.54 Å². The molecule has 6 heteroatoms. The van der Waals surface area contributed by atoms with Gasteiger partial charge in [-0.2, -0.15) is 5.26 Å². The molecule has 1 heterocycles. The molecule has 13 heavy (non-hydrogen) atoms. The first-order chi connectivity index (χ1) is 6.15. The van der Waals surface area contributed by atoms with Crippen LogP contribution in [0.2, 0.25) is 0 Å². The summed E-state index contributed by atoms with van der Waals surface area (Å²) in [5.41, 5.74) is 0. The number of hydrogen-bond donors (Lipinski definition) is 0. The Hall–Kier alpha value is -1.64. The summed E-state index contributed by atoms with van der Waals surface area (Å²) in [6.45, 7) is 4.43. The minimum Gasteiger partial charge on any atom is -0.306 e. The van der Waals surface area contributed by atoms with Crippen LogP contribution < -0.4 is 0 Å². The van der Waals surface area contributed by atoms with Gasteiger partial charge in [0.25, 0.3) is 0 Å². The maximum Gasteiger partial charge on any atom is 0.179 e. The molecule has 0 unspecified atom stereocenters. The second kappa shape index (κ2) is 3.85. The van der Waals surface area contributed by atoms with Gasteiger partial charge in [0.1, 0.15) is 0 Å². The van der Waals surface area contributed by atoms with Gasteiger partial charge >= 0.3 is 0 Å². The third kappa shape index (κ3) is 2.15. The summed E-state index contributed by atoms with van der Waals surface area (Å²) < 4.78 is 1.70. The third-order valence-corrected chi connectivity index (χ3v) is 1.60. The smallest absolute Gasteiger partial charge is 0.179 e. The molecule has 0 aromatic carbocycles. The highest BCUT2D eigenvalue weighted by Crippen LogP contribution is 2.05. The normalized spacial score (nSPS) is 10.1. The number of nitriles is 1. The number of hydrogen-bond acceptors (Lipinski definition) is 5. The minimum absolute atomic E-state index is 0.220. The number of rotatable bonds is 3. The van der Waals surface area contributed by atoms with Crippen molar-refractivity contribution in [2.24, 2.45) is 0 Å². The molecule has 0 saturated carbocycles. The third-order valence-electron chi connectivity index (χ3n) is 1.60. The van der Waals surface area contributed by atoms with E-state index in [-0.39, 0.29) is 6.04 Å². The Labute approximate surface area is 76.8 Å². The zero-order chi connectivity index (χ0) is 9.84. The molecule has 0 radical (unpaired) electrons. The van der Waals surface area contributed by atoms with E-state index in [1.54, 1.807) is 11.7 Å². The molecule has 0 N–H and O–H groups in total. The predicted octanol–water partition coefficient (Wildman–Crippen LogP) is 0.167. The second-order valence-electron chi connectivity index (χ2n) is 3.09. The van der Waals surface area contributed by atoms with Crippen molar-refractivity contribution in [1.82, 2.24) is 25.1 Å². The molecule has 0 fully saturated rings. The fourth-order valence-corrected chi connectivity index (χ4v) is 0.965. The van der Waals surface area contributed by atoms with Gasteiger partial charge < -0.3 is 4.90 Å². The van der Waals surface area contributed by atoms with E-state index in [4.69, 9.17) is 5.26 Å². The average Bonchev–Trinajstić information content (AvgIpc) is 2.52. The second-order valence-corrected chi connectivity index (χ2v) is 3.09. The topological polar surface area (TPSA) is 70.6 Å². The molecule has 0 aliphatic carbocycles. The monoisotopic (exact) mass is 180 g/mol. The molecule has 1 aromatic heterocycles. The van der Waals surface area contributed by atoms with Crippen molar-refractivity contribution < 1.29 is 0 Å². The van der Waals surface area contributed by atoms with Gasteiger partial charge in [0.2, 0.25) is 0 Å². The van der Waals surface area contributed by atoms with Crippen LogP contribution in [0.5, 0.6) is 0 Å². The van der Waals surface area contributed by atoms with Gasteiger partial charge in [0.15, 0.2) is 12.0 Å². The molecule has 6 nitrogen and oxygen atoms in total. The summed E-state index contributed by atoms with van der Waals surface area (Å²) in [6.07, 6.45) is 1.99. The lowest BCUT2D eigenvalue weighted by atomic mass is 10.4. The van der Waals surface area contributed by atoms with E-state index < -0.39 is 0 Å². The van der Waals surface area contributed by atoms with Crippen LogP contribution in [0.15, 0.2) is 0 Å². The molecular weight excluding hydrogens is 168 g/mol. The van der Waals surface area contributed by atoms with Crippen LogP contribution in [0.4, 0.5) is 0 Å². The quantitative estimate of drug-likeness (QED) is 0.489. The van der Waals surface area contributed by atoms with Crippen molar-refractivity contribution in [2.45, 2.75) is 26.4 Å². The van der Waals surface area contributed by atoms with Crippen molar-refractivity contribution in [2.75, 3.05) is 7.05 Å². The highest BCUT2D eigenvalue weighted by atomic mass is 15.6. The Kier molecular flexibility index (Phi) is 2.80. The van der Waals surface area contributed by atoms with Gasteiger partial charge in [-0.05, 0) is 24.3 Å². The van der Waals surface area contributed by atoms with Crippen LogP contribution in [0.25, 0.3) is 0 Å². The molecule has 0 bridgehead atoms. The molecule has 0 aliphatic rings. The number of nitrogens with zero attached hydrogens (tertiary/aromatic N) is 6. The first-order valence-electron chi connectivity index (χ1n) is 4.02. The van der Waals surface area contributed by atoms with E-state index in [9.17, 15) is 0 Å². The van der Waals surface area contributed by atoms with E-state index in [0.717, 1.165) is 0 Å². The zero-order valence-corrected chi connectivity index (χ0v) is 7.97. The zero-order valence-electron chi connectivity index (χ0n) is 7.97. The van der Waals surface area contributed by atoms with Crippen LogP contribution in [0, 0.1) is 11.5 Å². The number of tetrazole rings is 1. The summed E-state index contributed by atoms with van der Waals surface area (Å²) >= 11 is 0. The van der Waals surface area contributed by atoms with E-state index in [0.29, 0.717) is 12.4 Å². The van der Waals surface area contributed by atoms with Crippen molar-refractivity contribution in [3.05, 3.63) is 5.82 Å². The van der Waals surface area contributed by atoms with E-state index >= 15 is 0 Å². The summed E-state index contributed by atoms with van der Waals surface area (Å²) in [7, 11) is 1.69. The molecule has 0 atom stereocenters. The van der Waals surface area contributed by atoms with Crippen molar-refractivity contribution >= 4 is 0 Å². The molecule has 70 valence electrons. The molecule has 0 saturated heterocycles. The largest absolute Gasteiger partial charge is 0.306 e. The predicted molar refractivity (Wildman–Crippen MR) is 45.3 cm³/mol. The Bertz CT molecular complexity index is 309. The van der Waals surface area contributed by atoms with Gasteiger partial charge in [0.05, 0.1) is 12.6 Å². The highest BCUT2D eigenvalue weighted by Gasteiger charge is 2.10. The highest BCUT2D eigenvalue weighted by molar-refractivity contribution is 4.85. The molecule has 1 rings (SSSR count). The maximum atomic E-state index is 8.56. The summed E-state index contributed by atoms with van der Waals surface area (Å²) in [6, 6.07) is 0.220. The van der Waals surface area contributed by atoms with E-state index in [1.165, 1.54) is 4.90 Å². The van der Waals surface area contributed by atoms with Crippen molar-refractivity contribution in [3.63, 3.8) is 0 Å². The lowest BCUT2D eigenvalue weighted by Gasteiger charge is -2.10. The summed E-state index contributed by atoms with van der Waals surface area (Å²) in [5, 5.41) is 19.8. The average molecular weight is 180 g/mol. The van der Waals surface area contributed by atoms with E-state index in [1.807, 2.05) is 20.0 Å². The van der Waals surface area contributed by atoms with Crippen LogP contribution >= 0.6 is 0 Å². The minimum atomic E-state index is 0.220.